The molecule has 140 valence electrons. The van der Waals surface area contributed by atoms with Gasteiger partial charge in [0.25, 0.3) is 0 Å². The van der Waals surface area contributed by atoms with Crippen molar-refractivity contribution in [2.24, 2.45) is 0 Å². The number of aromatic nitrogens is 3. The van der Waals surface area contributed by atoms with Crippen LogP contribution in [0.3, 0.4) is 0 Å². The lowest BCUT2D eigenvalue weighted by Gasteiger charge is -2.09. The van der Waals surface area contributed by atoms with Crippen LogP contribution in [0.4, 0.5) is 5.69 Å². The van der Waals surface area contributed by atoms with Crippen molar-refractivity contribution in [3.63, 3.8) is 0 Å². The van der Waals surface area contributed by atoms with Crippen molar-refractivity contribution in [2.75, 3.05) is 5.73 Å². The van der Waals surface area contributed by atoms with E-state index in [2.05, 4.69) is 10.3 Å². The van der Waals surface area contributed by atoms with E-state index in [-0.39, 0.29) is 9.92 Å². The minimum absolute atomic E-state index is 0.0839. The van der Waals surface area contributed by atoms with Crippen LogP contribution in [-0.2, 0) is 9.84 Å². The topological polar surface area (TPSA) is 90.9 Å². The van der Waals surface area contributed by atoms with Crippen LogP contribution < -0.4 is 5.73 Å². The molecule has 7 heteroatoms. The number of nitrogens with two attached hydrogens (primary N) is 1. The Morgan fingerprint density at radius 2 is 1.50 bits per heavy atom. The summed E-state index contributed by atoms with van der Waals surface area (Å²) in [6, 6.07) is 23.0. The Morgan fingerprint density at radius 1 is 0.857 bits per heavy atom. The maximum absolute atomic E-state index is 13.3. The fourth-order valence-electron chi connectivity index (χ4n) is 2.92. The lowest BCUT2D eigenvalue weighted by molar-refractivity contribution is 0.592. The maximum Gasteiger partial charge on any atom is 0.227 e. The quantitative estimate of drug-likeness (QED) is 0.537. The Kier molecular flexibility index (Phi) is 4.44. The number of nitrogen functional groups attached to an aromatic ring is 1. The molecular formula is C21H18N4O2S. The summed E-state index contributed by atoms with van der Waals surface area (Å²) in [5, 5.41) is 8.12. The van der Waals surface area contributed by atoms with Crippen molar-refractivity contribution in [1.82, 2.24) is 15.0 Å². The first kappa shape index (κ1) is 17.9. The highest BCUT2D eigenvalue weighted by atomic mass is 32.2. The van der Waals surface area contributed by atoms with Gasteiger partial charge < -0.3 is 5.73 Å². The molecule has 0 saturated carbocycles. The molecular weight excluding hydrogens is 372 g/mol. The molecule has 0 atom stereocenters. The molecule has 0 bridgehead atoms. The number of rotatable bonds is 4. The molecule has 0 unspecified atom stereocenters. The Labute approximate surface area is 163 Å². The summed E-state index contributed by atoms with van der Waals surface area (Å²) in [5.74, 6) is 0. The van der Waals surface area contributed by atoms with Gasteiger partial charge in [0.15, 0.2) is 0 Å². The molecule has 1 aromatic heterocycles. The van der Waals surface area contributed by atoms with Gasteiger partial charge in [-0.1, -0.05) is 53.2 Å². The molecule has 0 spiro atoms. The van der Waals surface area contributed by atoms with Gasteiger partial charge in [0.2, 0.25) is 14.9 Å². The normalized spacial score (nSPS) is 11.5. The molecule has 0 aliphatic rings. The standard InChI is InChI=1S/C21H18N4O2S/c1-15-7-13-19(14-8-15)28(26,27)21-20(16-5-3-2-4-6-16)25(24-23-21)18-11-9-17(22)10-12-18/h2-14H,22H2,1H3. The Morgan fingerprint density at radius 3 is 2.14 bits per heavy atom. The van der Waals surface area contributed by atoms with Gasteiger partial charge in [-0.25, -0.2) is 13.1 Å². The number of anilines is 1. The molecule has 2 N–H and O–H groups in total. The van der Waals surface area contributed by atoms with Gasteiger partial charge in [-0.3, -0.25) is 0 Å². The van der Waals surface area contributed by atoms with Crippen LogP contribution in [0.15, 0.2) is 88.8 Å². The van der Waals surface area contributed by atoms with Gasteiger partial charge in [-0.15, -0.1) is 5.10 Å². The molecule has 0 radical (unpaired) electrons. The summed E-state index contributed by atoms with van der Waals surface area (Å²) < 4.78 is 28.1. The van der Waals surface area contributed by atoms with Crippen molar-refractivity contribution in [1.29, 1.82) is 0 Å². The van der Waals surface area contributed by atoms with E-state index in [1.165, 1.54) is 4.68 Å². The first-order chi connectivity index (χ1) is 13.5. The van der Waals surface area contributed by atoms with Crippen LogP contribution in [0.2, 0.25) is 0 Å². The molecule has 6 nitrogen and oxygen atoms in total. The number of hydrogen-bond donors (Lipinski definition) is 1. The molecule has 0 amide bonds. The van der Waals surface area contributed by atoms with E-state index in [1.54, 1.807) is 48.5 Å². The van der Waals surface area contributed by atoms with E-state index in [9.17, 15) is 8.42 Å². The van der Waals surface area contributed by atoms with Crippen molar-refractivity contribution in [3.8, 4) is 16.9 Å². The predicted octanol–water partition coefficient (Wildman–Crippen LogP) is 3.66. The maximum atomic E-state index is 13.3. The smallest absolute Gasteiger partial charge is 0.227 e. The number of hydrogen-bond acceptors (Lipinski definition) is 5. The van der Waals surface area contributed by atoms with Crippen LogP contribution in [0, 0.1) is 6.92 Å². The molecule has 28 heavy (non-hydrogen) atoms. The molecule has 4 aromatic rings. The highest BCUT2D eigenvalue weighted by Crippen LogP contribution is 2.31. The fourth-order valence-corrected chi connectivity index (χ4v) is 4.24. The van der Waals surface area contributed by atoms with Crippen molar-refractivity contribution in [2.45, 2.75) is 16.8 Å². The van der Waals surface area contributed by atoms with E-state index in [0.29, 0.717) is 22.6 Å². The summed E-state index contributed by atoms with van der Waals surface area (Å²) >= 11 is 0. The lowest BCUT2D eigenvalue weighted by Crippen LogP contribution is -2.06. The SMILES string of the molecule is Cc1ccc(S(=O)(=O)c2nnn(-c3ccc(N)cc3)c2-c2ccccc2)cc1. The van der Waals surface area contributed by atoms with Gasteiger partial charge >= 0.3 is 0 Å². The number of sulfone groups is 1. The largest absolute Gasteiger partial charge is 0.399 e. The van der Waals surface area contributed by atoms with E-state index < -0.39 is 9.84 Å². The molecule has 3 aromatic carbocycles. The van der Waals surface area contributed by atoms with Gasteiger partial charge in [0.05, 0.1) is 10.6 Å². The van der Waals surface area contributed by atoms with Gasteiger partial charge in [-0.05, 0) is 43.3 Å². The fraction of sp³-hybridized carbons (Fsp3) is 0.0476. The Hall–Kier alpha value is -3.45. The van der Waals surface area contributed by atoms with Crippen molar-refractivity contribution in [3.05, 3.63) is 84.4 Å². The zero-order chi connectivity index (χ0) is 19.7. The van der Waals surface area contributed by atoms with Gasteiger partial charge in [0.1, 0.15) is 5.69 Å². The lowest BCUT2D eigenvalue weighted by atomic mass is 10.1. The summed E-state index contributed by atoms with van der Waals surface area (Å²) in [5.41, 5.74) is 9.15. The summed E-state index contributed by atoms with van der Waals surface area (Å²) in [6.45, 7) is 1.91. The van der Waals surface area contributed by atoms with Crippen molar-refractivity contribution < 1.29 is 8.42 Å². The average molecular weight is 390 g/mol. The predicted molar refractivity (Wildman–Crippen MR) is 108 cm³/mol. The van der Waals surface area contributed by atoms with Crippen LogP contribution in [-0.4, -0.2) is 23.4 Å². The molecule has 0 aliphatic heterocycles. The second-order valence-corrected chi connectivity index (χ2v) is 8.29. The van der Waals surface area contributed by atoms with Crippen molar-refractivity contribution >= 4 is 15.5 Å². The monoisotopic (exact) mass is 390 g/mol. The first-order valence-corrected chi connectivity index (χ1v) is 10.1. The Balaban J connectivity index is 1.96. The van der Waals surface area contributed by atoms with E-state index in [4.69, 9.17) is 5.73 Å². The Bertz CT molecular complexity index is 1210. The minimum Gasteiger partial charge on any atom is -0.399 e. The summed E-state index contributed by atoms with van der Waals surface area (Å²) in [6.07, 6.45) is 0. The molecule has 0 saturated heterocycles. The molecule has 0 fully saturated rings. The third-order valence-electron chi connectivity index (χ3n) is 4.41. The number of benzene rings is 3. The van der Waals surface area contributed by atoms with Crippen LogP contribution >= 0.6 is 0 Å². The zero-order valence-corrected chi connectivity index (χ0v) is 16.0. The van der Waals surface area contributed by atoms with Crippen LogP contribution in [0.25, 0.3) is 16.9 Å². The molecule has 1 heterocycles. The number of nitrogens with zero attached hydrogens (tertiary/aromatic N) is 3. The minimum atomic E-state index is -3.85. The van der Waals surface area contributed by atoms with E-state index >= 15 is 0 Å². The highest BCUT2D eigenvalue weighted by Gasteiger charge is 2.28. The van der Waals surface area contributed by atoms with E-state index in [0.717, 1.165) is 5.56 Å². The van der Waals surface area contributed by atoms with Crippen LogP contribution in [0.1, 0.15) is 5.56 Å². The second-order valence-electron chi connectivity index (χ2n) is 6.43. The summed E-state index contributed by atoms with van der Waals surface area (Å²) in [7, 11) is -3.85. The van der Waals surface area contributed by atoms with Crippen LogP contribution in [0.5, 0.6) is 0 Å². The third kappa shape index (κ3) is 3.16. The van der Waals surface area contributed by atoms with E-state index in [1.807, 2.05) is 37.3 Å². The van der Waals surface area contributed by atoms with Gasteiger partial charge in [-0.2, -0.15) is 0 Å². The van der Waals surface area contributed by atoms with Gasteiger partial charge in [0, 0.05) is 11.3 Å². The highest BCUT2D eigenvalue weighted by molar-refractivity contribution is 7.91. The average Bonchev–Trinajstić information content (AvgIpc) is 3.15. The second kappa shape index (κ2) is 6.94. The first-order valence-electron chi connectivity index (χ1n) is 8.65. The molecule has 0 aliphatic carbocycles. The summed E-state index contributed by atoms with van der Waals surface area (Å²) in [4.78, 5) is 0.180. The molecule has 4 rings (SSSR count). The third-order valence-corrected chi connectivity index (χ3v) is 6.09. The number of aryl methyl sites for hydroxylation is 1. The zero-order valence-electron chi connectivity index (χ0n) is 15.1.